The minimum atomic E-state index is -5.05. The summed E-state index contributed by atoms with van der Waals surface area (Å²) in [4.78, 5) is 12.8. The van der Waals surface area contributed by atoms with Gasteiger partial charge in [-0.15, -0.1) is 0 Å². The van der Waals surface area contributed by atoms with Gasteiger partial charge in [-0.1, -0.05) is 0 Å². The summed E-state index contributed by atoms with van der Waals surface area (Å²) in [7, 11) is -3.29. The maximum Gasteiger partial charge on any atom is 0.417 e. The quantitative estimate of drug-likeness (QED) is 0.595. The molecule has 0 aromatic heterocycles. The lowest BCUT2D eigenvalue weighted by molar-refractivity contribution is -0.139. The third-order valence-corrected chi connectivity index (χ3v) is 8.88. The number of alkyl halides is 5. The molecule has 0 spiro atoms. The second kappa shape index (κ2) is 8.05. The molecule has 1 saturated heterocycles. The lowest BCUT2D eigenvalue weighted by Gasteiger charge is -2.40. The third-order valence-electron chi connectivity index (χ3n) is 6.65. The van der Waals surface area contributed by atoms with Crippen molar-refractivity contribution in [2.24, 2.45) is 5.92 Å². The number of benzene rings is 1. The van der Waals surface area contributed by atoms with Gasteiger partial charge in [0.2, 0.25) is 5.91 Å². The molecule has 34 heavy (non-hydrogen) atoms. The molecule has 13 heteroatoms. The molecule has 1 heterocycles. The van der Waals surface area contributed by atoms with Crippen LogP contribution in [-0.4, -0.2) is 57.3 Å². The van der Waals surface area contributed by atoms with Gasteiger partial charge in [-0.25, -0.2) is 17.2 Å². The lowest BCUT2D eigenvalue weighted by Crippen LogP contribution is -2.56. The minimum Gasteiger partial charge on any atom is -0.381 e. The first-order valence-electron chi connectivity index (χ1n) is 10.6. The van der Waals surface area contributed by atoms with Crippen LogP contribution in [0.1, 0.15) is 31.2 Å². The summed E-state index contributed by atoms with van der Waals surface area (Å²) in [6, 6.07) is 4.42. The molecule has 1 aliphatic heterocycles. The number of sulfone groups is 1. The highest BCUT2D eigenvalue weighted by Gasteiger charge is 2.51. The fourth-order valence-electron chi connectivity index (χ4n) is 4.52. The Morgan fingerprint density at radius 2 is 1.88 bits per heavy atom. The second-order valence-electron chi connectivity index (χ2n) is 9.09. The zero-order valence-electron chi connectivity index (χ0n) is 18.0. The molecule has 1 amide bonds. The SMILES string of the molecule is CO[C@@H]1C[C@H](S(=O)(=O)c2ccc(N3CC(F)(F)C3)cc2C(F)(F)F)C[C@H]1C(=O)NC1(C#N)CC1. The molecule has 4 rings (SSSR count). The number of rotatable bonds is 6. The van der Waals surface area contributed by atoms with Crippen molar-refractivity contribution in [1.82, 2.24) is 5.32 Å². The normalized spacial score (nSPS) is 27.6. The summed E-state index contributed by atoms with van der Waals surface area (Å²) >= 11 is 0. The first-order valence-corrected chi connectivity index (χ1v) is 12.1. The summed E-state index contributed by atoms with van der Waals surface area (Å²) in [6.45, 7) is -1.51. The smallest absolute Gasteiger partial charge is 0.381 e. The van der Waals surface area contributed by atoms with Crippen molar-refractivity contribution in [3.8, 4) is 6.07 Å². The predicted molar refractivity (Wildman–Crippen MR) is 109 cm³/mol. The van der Waals surface area contributed by atoms with E-state index < -0.39 is 74.2 Å². The number of nitrogens with zero attached hydrogens (tertiary/aromatic N) is 2. The van der Waals surface area contributed by atoms with E-state index in [0.29, 0.717) is 18.9 Å². The van der Waals surface area contributed by atoms with Crippen molar-refractivity contribution in [3.63, 3.8) is 0 Å². The van der Waals surface area contributed by atoms with Gasteiger partial charge in [0.1, 0.15) is 5.54 Å². The van der Waals surface area contributed by atoms with Gasteiger partial charge in [-0.2, -0.15) is 18.4 Å². The fraction of sp³-hybridized carbons (Fsp3) is 0.619. The molecule has 3 fully saturated rings. The van der Waals surface area contributed by atoms with Gasteiger partial charge in [0.05, 0.1) is 46.9 Å². The largest absolute Gasteiger partial charge is 0.417 e. The highest BCUT2D eigenvalue weighted by Crippen LogP contribution is 2.43. The van der Waals surface area contributed by atoms with Crippen LogP contribution in [0.4, 0.5) is 27.6 Å². The molecule has 1 N–H and O–H groups in total. The molecule has 0 radical (unpaired) electrons. The highest BCUT2D eigenvalue weighted by atomic mass is 32.2. The number of nitrogens with one attached hydrogen (secondary N) is 1. The van der Waals surface area contributed by atoms with Gasteiger partial charge < -0.3 is 15.0 Å². The topological polar surface area (TPSA) is 99.5 Å². The summed E-state index contributed by atoms with van der Waals surface area (Å²) < 4.78 is 99.6. The standard InChI is InChI=1S/C21H22F5N3O4S/c1-33-16-8-13(7-14(16)18(30)28-19(9-27)4-5-19)34(31,32)17-3-2-12(6-15(17)21(24,25)26)29-10-20(22,23)11-29/h2-3,6,13-14,16H,4-5,7-8,10-11H2,1H3,(H,28,30)/t13-,14-,16-/m1/s1. The number of nitriles is 1. The fourth-order valence-corrected chi connectivity index (χ4v) is 6.52. The number of methoxy groups -OCH3 is 1. The maximum atomic E-state index is 13.8. The van der Waals surface area contributed by atoms with E-state index in [2.05, 4.69) is 5.32 Å². The van der Waals surface area contributed by atoms with Crippen molar-refractivity contribution in [1.29, 1.82) is 5.26 Å². The Balaban J connectivity index is 1.61. The molecule has 1 aromatic carbocycles. The Kier molecular flexibility index (Phi) is 5.84. The Labute approximate surface area is 192 Å². The zero-order chi connectivity index (χ0) is 25.1. The molecule has 186 valence electrons. The average Bonchev–Trinajstić information content (AvgIpc) is 3.36. The van der Waals surface area contributed by atoms with Crippen molar-refractivity contribution >= 4 is 21.4 Å². The van der Waals surface area contributed by atoms with Gasteiger partial charge in [0.25, 0.3) is 5.92 Å². The summed E-state index contributed by atoms with van der Waals surface area (Å²) in [5, 5.41) is 10.4. The van der Waals surface area contributed by atoms with Crippen molar-refractivity contribution < 1.29 is 39.9 Å². The molecule has 3 aliphatic rings. The van der Waals surface area contributed by atoms with Crippen LogP contribution in [0, 0.1) is 17.2 Å². The lowest BCUT2D eigenvalue weighted by atomic mass is 10.0. The van der Waals surface area contributed by atoms with Gasteiger partial charge >= 0.3 is 6.18 Å². The Morgan fingerprint density at radius 1 is 1.24 bits per heavy atom. The zero-order valence-corrected chi connectivity index (χ0v) is 18.8. The maximum absolute atomic E-state index is 13.8. The Morgan fingerprint density at radius 3 is 2.38 bits per heavy atom. The highest BCUT2D eigenvalue weighted by molar-refractivity contribution is 7.92. The number of amides is 1. The second-order valence-corrected chi connectivity index (χ2v) is 11.3. The molecule has 1 aromatic rings. The average molecular weight is 507 g/mol. The van der Waals surface area contributed by atoms with Crippen LogP contribution in [0.15, 0.2) is 23.1 Å². The van der Waals surface area contributed by atoms with Crippen LogP contribution in [0.25, 0.3) is 0 Å². The van der Waals surface area contributed by atoms with E-state index in [1.807, 2.05) is 6.07 Å². The Hall–Kier alpha value is -2.46. The van der Waals surface area contributed by atoms with E-state index in [9.17, 15) is 40.4 Å². The molecular formula is C21H22F5N3O4S. The first-order chi connectivity index (χ1) is 15.7. The van der Waals surface area contributed by atoms with Gasteiger partial charge in [-0.05, 0) is 43.9 Å². The molecule has 0 bridgehead atoms. The van der Waals surface area contributed by atoms with Crippen LogP contribution in [0.3, 0.4) is 0 Å². The molecule has 0 unspecified atom stereocenters. The minimum absolute atomic E-state index is 0.151. The van der Waals surface area contributed by atoms with Crippen LogP contribution in [-0.2, 0) is 25.5 Å². The van der Waals surface area contributed by atoms with Gasteiger partial charge in [-0.3, -0.25) is 4.79 Å². The summed E-state index contributed by atoms with van der Waals surface area (Å²) in [5.41, 5.74) is -2.58. The van der Waals surface area contributed by atoms with E-state index in [0.717, 1.165) is 17.0 Å². The van der Waals surface area contributed by atoms with E-state index in [4.69, 9.17) is 4.74 Å². The molecule has 2 saturated carbocycles. The third kappa shape index (κ3) is 4.45. The molecule has 3 atom stereocenters. The van der Waals surface area contributed by atoms with E-state index in [1.165, 1.54) is 7.11 Å². The van der Waals surface area contributed by atoms with Crippen LogP contribution in [0.2, 0.25) is 0 Å². The summed E-state index contributed by atoms with van der Waals surface area (Å²) in [5.74, 6) is -4.54. The summed E-state index contributed by atoms with van der Waals surface area (Å²) in [6.07, 6.45) is -5.45. The van der Waals surface area contributed by atoms with Crippen LogP contribution >= 0.6 is 0 Å². The number of hydrogen-bond donors (Lipinski definition) is 1. The number of carbonyl (C=O) groups excluding carboxylic acids is 1. The van der Waals surface area contributed by atoms with Gasteiger partial charge in [0.15, 0.2) is 9.84 Å². The van der Waals surface area contributed by atoms with E-state index in [-0.39, 0.29) is 18.5 Å². The number of halogens is 5. The van der Waals surface area contributed by atoms with E-state index >= 15 is 0 Å². The number of ether oxygens (including phenoxy) is 1. The van der Waals surface area contributed by atoms with Crippen LogP contribution < -0.4 is 10.2 Å². The molecular weight excluding hydrogens is 485 g/mol. The van der Waals surface area contributed by atoms with Gasteiger partial charge in [0, 0.05) is 12.8 Å². The number of hydrogen-bond acceptors (Lipinski definition) is 6. The van der Waals surface area contributed by atoms with Crippen LogP contribution in [0.5, 0.6) is 0 Å². The Bertz CT molecular complexity index is 1140. The number of carbonyl (C=O) groups is 1. The predicted octanol–water partition coefficient (Wildman–Crippen LogP) is 2.90. The monoisotopic (exact) mass is 507 g/mol. The van der Waals surface area contributed by atoms with Crippen molar-refractivity contribution in [3.05, 3.63) is 23.8 Å². The number of anilines is 1. The molecule has 2 aliphatic carbocycles. The van der Waals surface area contributed by atoms with Crippen molar-refractivity contribution in [2.75, 3.05) is 25.1 Å². The van der Waals surface area contributed by atoms with E-state index in [1.54, 1.807) is 0 Å². The van der Waals surface area contributed by atoms with Crippen molar-refractivity contribution in [2.45, 2.75) is 59.6 Å². The molecule has 7 nitrogen and oxygen atoms in total. The first kappa shape index (κ1) is 24.7.